The molecule has 1 aromatic carbocycles. The lowest BCUT2D eigenvalue weighted by Crippen LogP contribution is -2.32. The van der Waals surface area contributed by atoms with Crippen LogP contribution in [0.4, 0.5) is 9.18 Å². The van der Waals surface area contributed by atoms with Gasteiger partial charge in [0.25, 0.3) is 0 Å². The number of aryl methyl sites for hydroxylation is 1. The van der Waals surface area contributed by atoms with Crippen LogP contribution in [0.2, 0.25) is 0 Å². The fourth-order valence-electron chi connectivity index (χ4n) is 1.53. The summed E-state index contributed by atoms with van der Waals surface area (Å²) in [5.74, 6) is -0.389. The number of aromatic hydroxyl groups is 1. The van der Waals surface area contributed by atoms with Crippen LogP contribution >= 0.6 is 0 Å². The van der Waals surface area contributed by atoms with Crippen LogP contribution < -0.4 is 5.32 Å². The number of ether oxygens (including phenoxy) is 1. The van der Waals surface area contributed by atoms with Crippen molar-refractivity contribution in [2.75, 3.05) is 6.54 Å². The first-order chi connectivity index (χ1) is 9.19. The number of rotatable bonds is 3. The zero-order chi connectivity index (χ0) is 15.3. The Morgan fingerprint density at radius 2 is 2.10 bits per heavy atom. The lowest BCUT2D eigenvalue weighted by Gasteiger charge is -2.19. The molecule has 0 atom stereocenters. The van der Waals surface area contributed by atoms with Gasteiger partial charge in [-0.2, -0.15) is 0 Å². The number of hydrogen-bond donors (Lipinski definition) is 2. The highest BCUT2D eigenvalue weighted by molar-refractivity contribution is 5.68. The van der Waals surface area contributed by atoms with Crippen LogP contribution in [0.15, 0.2) is 18.2 Å². The number of alkyl carbamates (subject to hydrolysis) is 1. The third kappa shape index (κ3) is 5.30. The zero-order valence-electron chi connectivity index (χ0n) is 12.2. The summed E-state index contributed by atoms with van der Waals surface area (Å²) in [6, 6.07) is 2.48. The summed E-state index contributed by atoms with van der Waals surface area (Å²) in [5.41, 5.74) is 0.282. The van der Waals surface area contributed by atoms with Gasteiger partial charge in [0.15, 0.2) is 0 Å². The van der Waals surface area contributed by atoms with Crippen molar-refractivity contribution in [2.45, 2.75) is 33.3 Å². The van der Waals surface area contributed by atoms with Gasteiger partial charge >= 0.3 is 6.09 Å². The average Bonchev–Trinajstić information content (AvgIpc) is 2.28. The van der Waals surface area contributed by atoms with Crippen molar-refractivity contribution in [1.29, 1.82) is 0 Å². The smallest absolute Gasteiger partial charge is 0.407 e. The van der Waals surface area contributed by atoms with Crippen molar-refractivity contribution >= 4 is 12.2 Å². The molecule has 0 radical (unpaired) electrons. The summed E-state index contributed by atoms with van der Waals surface area (Å²) in [5, 5.41) is 12.3. The lowest BCUT2D eigenvalue weighted by molar-refractivity contribution is 0.0534. The topological polar surface area (TPSA) is 58.6 Å². The number of phenolic OH excluding ortho intramolecular Hbond substituents is 1. The summed E-state index contributed by atoms with van der Waals surface area (Å²) in [4.78, 5) is 11.4. The number of nitrogens with one attached hydrogen (secondary N) is 1. The van der Waals surface area contributed by atoms with Gasteiger partial charge in [-0.15, -0.1) is 0 Å². The van der Waals surface area contributed by atoms with E-state index >= 15 is 0 Å². The second-order valence-corrected chi connectivity index (χ2v) is 5.45. The predicted molar refractivity (Wildman–Crippen MR) is 76.1 cm³/mol. The van der Waals surface area contributed by atoms with E-state index in [1.165, 1.54) is 12.1 Å². The molecule has 1 amide bonds. The van der Waals surface area contributed by atoms with Gasteiger partial charge in [0.2, 0.25) is 0 Å². The van der Waals surface area contributed by atoms with Crippen LogP contribution in [0.3, 0.4) is 0 Å². The SMILES string of the molecule is Cc1cc(F)cc(C=CCNC(=O)OC(C)(C)C)c1O. The molecular weight excluding hydrogens is 261 g/mol. The van der Waals surface area contributed by atoms with E-state index in [2.05, 4.69) is 5.32 Å². The Labute approximate surface area is 118 Å². The van der Waals surface area contributed by atoms with Gasteiger partial charge in [-0.3, -0.25) is 0 Å². The van der Waals surface area contributed by atoms with E-state index in [9.17, 15) is 14.3 Å². The highest BCUT2D eigenvalue weighted by Gasteiger charge is 2.15. The number of carbonyl (C=O) groups excluding carboxylic acids is 1. The standard InChI is InChI=1S/C15H20FNO3/c1-10-8-12(16)9-11(13(10)18)6-5-7-17-14(19)20-15(2,3)4/h5-6,8-9,18H,7H2,1-4H3,(H,17,19). The first kappa shape index (κ1) is 16.0. The largest absolute Gasteiger partial charge is 0.507 e. The summed E-state index contributed by atoms with van der Waals surface area (Å²) in [7, 11) is 0. The normalized spacial score (nSPS) is 11.7. The molecular formula is C15H20FNO3. The molecule has 0 heterocycles. The summed E-state index contributed by atoms with van der Waals surface area (Å²) in [6.45, 7) is 7.17. The van der Waals surface area contributed by atoms with Crippen LogP contribution in [-0.2, 0) is 4.74 Å². The maximum absolute atomic E-state index is 13.2. The minimum Gasteiger partial charge on any atom is -0.507 e. The Kier molecular flexibility index (Phi) is 5.13. The van der Waals surface area contributed by atoms with Gasteiger partial charge in [-0.25, -0.2) is 9.18 Å². The highest BCUT2D eigenvalue weighted by Crippen LogP contribution is 2.24. The van der Waals surface area contributed by atoms with Crippen LogP contribution in [0.1, 0.15) is 31.9 Å². The lowest BCUT2D eigenvalue weighted by atomic mass is 10.1. The Morgan fingerprint density at radius 1 is 1.45 bits per heavy atom. The second kappa shape index (κ2) is 6.41. The Bertz CT molecular complexity index is 519. The Balaban J connectivity index is 2.56. The third-order valence-electron chi connectivity index (χ3n) is 2.36. The van der Waals surface area contributed by atoms with E-state index in [1.54, 1.807) is 39.8 Å². The third-order valence-corrected chi connectivity index (χ3v) is 2.36. The molecule has 20 heavy (non-hydrogen) atoms. The monoisotopic (exact) mass is 281 g/mol. The van der Waals surface area contributed by atoms with Crippen LogP contribution in [0.25, 0.3) is 6.08 Å². The molecule has 0 aromatic heterocycles. The number of halogens is 1. The Hall–Kier alpha value is -2.04. The predicted octanol–water partition coefficient (Wildman–Crippen LogP) is 3.38. The molecule has 5 heteroatoms. The molecule has 0 saturated carbocycles. The number of hydrogen-bond acceptors (Lipinski definition) is 3. The first-order valence-corrected chi connectivity index (χ1v) is 6.31. The molecule has 0 aliphatic rings. The fraction of sp³-hybridized carbons (Fsp3) is 0.400. The van der Waals surface area contributed by atoms with E-state index in [0.717, 1.165) is 0 Å². The number of benzene rings is 1. The van der Waals surface area contributed by atoms with E-state index in [0.29, 0.717) is 11.1 Å². The van der Waals surface area contributed by atoms with E-state index < -0.39 is 17.5 Å². The van der Waals surface area contributed by atoms with E-state index in [-0.39, 0.29) is 12.3 Å². The van der Waals surface area contributed by atoms with Crippen molar-refractivity contribution in [3.8, 4) is 5.75 Å². The molecule has 1 rings (SSSR count). The fourth-order valence-corrected chi connectivity index (χ4v) is 1.53. The molecule has 110 valence electrons. The summed E-state index contributed by atoms with van der Waals surface area (Å²) in [6.07, 6.45) is 2.63. The van der Waals surface area contributed by atoms with Gasteiger partial charge in [-0.05, 0) is 45.4 Å². The molecule has 0 aliphatic heterocycles. The highest BCUT2D eigenvalue weighted by atomic mass is 19.1. The maximum atomic E-state index is 13.2. The molecule has 4 nitrogen and oxygen atoms in total. The van der Waals surface area contributed by atoms with Crippen LogP contribution in [0.5, 0.6) is 5.75 Å². The van der Waals surface area contributed by atoms with Crippen molar-refractivity contribution in [1.82, 2.24) is 5.32 Å². The van der Waals surface area contributed by atoms with Crippen molar-refractivity contribution in [3.63, 3.8) is 0 Å². The number of phenols is 1. The molecule has 0 aliphatic carbocycles. The number of amides is 1. The Morgan fingerprint density at radius 3 is 2.70 bits per heavy atom. The summed E-state index contributed by atoms with van der Waals surface area (Å²) < 4.78 is 18.3. The van der Waals surface area contributed by atoms with Crippen molar-refractivity contribution in [2.24, 2.45) is 0 Å². The van der Waals surface area contributed by atoms with Gasteiger partial charge in [0.1, 0.15) is 17.2 Å². The van der Waals surface area contributed by atoms with Crippen molar-refractivity contribution < 1.29 is 19.0 Å². The van der Waals surface area contributed by atoms with Crippen LogP contribution in [-0.4, -0.2) is 23.3 Å². The van der Waals surface area contributed by atoms with Crippen LogP contribution in [0, 0.1) is 12.7 Å². The van der Waals surface area contributed by atoms with E-state index in [1.807, 2.05) is 0 Å². The van der Waals surface area contributed by atoms with Gasteiger partial charge in [0.05, 0.1) is 0 Å². The van der Waals surface area contributed by atoms with E-state index in [4.69, 9.17) is 4.74 Å². The minimum atomic E-state index is -0.550. The molecule has 0 spiro atoms. The average molecular weight is 281 g/mol. The molecule has 2 N–H and O–H groups in total. The molecule has 0 saturated heterocycles. The van der Waals surface area contributed by atoms with Gasteiger partial charge < -0.3 is 15.2 Å². The van der Waals surface area contributed by atoms with Gasteiger partial charge in [-0.1, -0.05) is 12.2 Å². The molecule has 1 aromatic rings. The number of carbonyl (C=O) groups is 1. The van der Waals surface area contributed by atoms with Gasteiger partial charge in [0, 0.05) is 12.1 Å². The summed E-state index contributed by atoms with van der Waals surface area (Å²) >= 11 is 0. The molecule has 0 unspecified atom stereocenters. The second-order valence-electron chi connectivity index (χ2n) is 5.45. The molecule has 0 bridgehead atoms. The maximum Gasteiger partial charge on any atom is 0.407 e. The minimum absolute atomic E-state index is 0.0277. The van der Waals surface area contributed by atoms with Crippen molar-refractivity contribution in [3.05, 3.63) is 35.2 Å². The first-order valence-electron chi connectivity index (χ1n) is 6.31. The quantitative estimate of drug-likeness (QED) is 0.893. The zero-order valence-corrected chi connectivity index (χ0v) is 12.2. The molecule has 0 fully saturated rings.